The van der Waals surface area contributed by atoms with Crippen LogP contribution in [0.2, 0.25) is 0 Å². The summed E-state index contributed by atoms with van der Waals surface area (Å²) < 4.78 is 42.8. The molecule has 0 spiro atoms. The quantitative estimate of drug-likeness (QED) is 0.270. The van der Waals surface area contributed by atoms with E-state index in [1.165, 1.54) is 36.4 Å². The second kappa shape index (κ2) is 10.2. The number of hydrogen-bond donors (Lipinski definition) is 2. The highest BCUT2D eigenvalue weighted by atomic mass is 19.1. The SMILES string of the molecule is O=C(CCc1c2c(F)cccc2c(O)n1Cc1ccc(F)cc1)Nc1ccc(-c2ccc(F)cc2)cn1. The van der Waals surface area contributed by atoms with E-state index in [9.17, 15) is 23.1 Å². The normalized spacial score (nSPS) is 11.1. The molecule has 0 aliphatic carbocycles. The second-order valence-electron chi connectivity index (χ2n) is 8.63. The first-order valence-electron chi connectivity index (χ1n) is 11.6. The zero-order chi connectivity index (χ0) is 25.9. The van der Waals surface area contributed by atoms with E-state index in [1.54, 1.807) is 53.2 Å². The summed E-state index contributed by atoms with van der Waals surface area (Å²) in [4.78, 5) is 17.0. The second-order valence-corrected chi connectivity index (χ2v) is 8.63. The molecule has 0 fully saturated rings. The van der Waals surface area contributed by atoms with Crippen molar-refractivity contribution in [3.05, 3.63) is 114 Å². The lowest BCUT2D eigenvalue weighted by Crippen LogP contribution is -2.15. The van der Waals surface area contributed by atoms with Crippen LogP contribution >= 0.6 is 0 Å². The van der Waals surface area contributed by atoms with Gasteiger partial charge in [0.15, 0.2) is 5.88 Å². The average Bonchev–Trinajstić information content (AvgIpc) is 3.17. The lowest BCUT2D eigenvalue weighted by molar-refractivity contribution is -0.116. The number of pyridine rings is 1. The van der Waals surface area contributed by atoms with Crippen molar-refractivity contribution in [2.24, 2.45) is 0 Å². The van der Waals surface area contributed by atoms with E-state index in [-0.39, 0.29) is 48.2 Å². The molecule has 8 heteroatoms. The fraction of sp³-hybridized carbons (Fsp3) is 0.103. The Kier molecular flexibility index (Phi) is 6.64. The fourth-order valence-electron chi connectivity index (χ4n) is 4.33. The van der Waals surface area contributed by atoms with E-state index in [0.29, 0.717) is 22.5 Å². The molecule has 1 amide bonds. The Labute approximate surface area is 210 Å². The number of rotatable bonds is 7. The Morgan fingerprint density at radius 1 is 0.865 bits per heavy atom. The number of carbonyl (C=O) groups excluding carboxylic acids is 1. The zero-order valence-electron chi connectivity index (χ0n) is 19.6. The van der Waals surface area contributed by atoms with Crippen molar-refractivity contribution in [3.63, 3.8) is 0 Å². The molecule has 0 saturated carbocycles. The van der Waals surface area contributed by atoms with Crippen molar-refractivity contribution in [1.82, 2.24) is 9.55 Å². The smallest absolute Gasteiger partial charge is 0.225 e. The molecular formula is C29H22F3N3O2. The minimum absolute atomic E-state index is 0.0116. The molecule has 186 valence electrons. The first-order chi connectivity index (χ1) is 17.9. The number of nitrogens with one attached hydrogen (secondary N) is 1. The van der Waals surface area contributed by atoms with Gasteiger partial charge in [-0.2, -0.15) is 0 Å². The maximum Gasteiger partial charge on any atom is 0.225 e. The van der Waals surface area contributed by atoms with Gasteiger partial charge in [-0.25, -0.2) is 18.2 Å². The van der Waals surface area contributed by atoms with Gasteiger partial charge in [0.25, 0.3) is 0 Å². The van der Waals surface area contributed by atoms with E-state index in [2.05, 4.69) is 10.3 Å². The standard InChI is InChI=1S/C29H22F3N3O2/c30-21-9-4-18(5-10-21)17-35-25(28-23(29(35)37)2-1-3-24(28)32)13-15-27(36)34-26-14-8-20(16-33-26)19-6-11-22(31)12-7-19/h1-12,14,16,37H,13,15,17H2,(H,33,34,36). The summed E-state index contributed by atoms with van der Waals surface area (Å²) in [5.74, 6) is -1.32. The van der Waals surface area contributed by atoms with Crippen LogP contribution in [0, 0.1) is 17.5 Å². The topological polar surface area (TPSA) is 67.2 Å². The molecule has 0 bridgehead atoms. The molecule has 0 radical (unpaired) electrons. The van der Waals surface area contributed by atoms with Crippen molar-refractivity contribution in [3.8, 4) is 17.0 Å². The van der Waals surface area contributed by atoms with Crippen molar-refractivity contribution < 1.29 is 23.1 Å². The number of anilines is 1. The van der Waals surface area contributed by atoms with Gasteiger partial charge in [-0.1, -0.05) is 30.3 Å². The third-order valence-corrected chi connectivity index (χ3v) is 6.18. The molecule has 5 nitrogen and oxygen atoms in total. The Balaban J connectivity index is 1.34. The molecule has 5 aromatic rings. The van der Waals surface area contributed by atoms with Crippen LogP contribution < -0.4 is 5.32 Å². The molecule has 0 atom stereocenters. The lowest BCUT2D eigenvalue weighted by Gasteiger charge is -2.12. The van der Waals surface area contributed by atoms with E-state index in [1.807, 2.05) is 0 Å². The van der Waals surface area contributed by atoms with E-state index >= 15 is 0 Å². The molecule has 0 saturated heterocycles. The van der Waals surface area contributed by atoms with Crippen LogP contribution in [0.15, 0.2) is 85.1 Å². The molecule has 0 aliphatic heterocycles. The van der Waals surface area contributed by atoms with Gasteiger partial charge in [-0.15, -0.1) is 0 Å². The highest BCUT2D eigenvalue weighted by Crippen LogP contribution is 2.35. The Morgan fingerprint density at radius 3 is 2.22 bits per heavy atom. The van der Waals surface area contributed by atoms with Crippen LogP contribution in [0.5, 0.6) is 5.88 Å². The number of aryl methyl sites for hydroxylation is 1. The molecule has 37 heavy (non-hydrogen) atoms. The summed E-state index contributed by atoms with van der Waals surface area (Å²) in [5.41, 5.74) is 2.75. The number of aromatic nitrogens is 2. The van der Waals surface area contributed by atoms with Crippen molar-refractivity contribution >= 4 is 22.5 Å². The number of hydrogen-bond acceptors (Lipinski definition) is 3. The number of nitrogens with zero attached hydrogens (tertiary/aromatic N) is 2. The minimum atomic E-state index is -0.501. The summed E-state index contributed by atoms with van der Waals surface area (Å²) in [6, 6.07) is 19.7. The summed E-state index contributed by atoms with van der Waals surface area (Å²) in [5, 5.41) is 14.2. The predicted molar refractivity (Wildman–Crippen MR) is 136 cm³/mol. The van der Waals surface area contributed by atoms with Gasteiger partial charge in [0, 0.05) is 34.6 Å². The van der Waals surface area contributed by atoms with Crippen LogP contribution in [0.4, 0.5) is 19.0 Å². The summed E-state index contributed by atoms with van der Waals surface area (Å²) >= 11 is 0. The average molecular weight is 502 g/mol. The van der Waals surface area contributed by atoms with Crippen LogP contribution in [0.3, 0.4) is 0 Å². The highest BCUT2D eigenvalue weighted by Gasteiger charge is 2.20. The molecule has 2 heterocycles. The zero-order valence-corrected chi connectivity index (χ0v) is 19.6. The number of amides is 1. The molecule has 2 aromatic heterocycles. The maximum absolute atomic E-state index is 14.8. The van der Waals surface area contributed by atoms with Crippen LogP contribution in [-0.4, -0.2) is 20.6 Å². The number of aromatic hydroxyl groups is 1. The summed E-state index contributed by atoms with van der Waals surface area (Å²) in [6.45, 7) is 0.184. The molecule has 5 rings (SSSR count). The van der Waals surface area contributed by atoms with E-state index in [4.69, 9.17) is 0 Å². The van der Waals surface area contributed by atoms with Crippen LogP contribution in [0.25, 0.3) is 21.9 Å². The van der Waals surface area contributed by atoms with Crippen LogP contribution in [0.1, 0.15) is 17.7 Å². The molecule has 0 unspecified atom stereocenters. The predicted octanol–water partition coefficient (Wildman–Crippen LogP) is 6.45. The highest BCUT2D eigenvalue weighted by molar-refractivity contribution is 5.93. The van der Waals surface area contributed by atoms with Gasteiger partial charge < -0.3 is 15.0 Å². The van der Waals surface area contributed by atoms with Gasteiger partial charge in [-0.05, 0) is 66.1 Å². The Hall–Kier alpha value is -4.59. The van der Waals surface area contributed by atoms with Gasteiger partial charge in [0.1, 0.15) is 23.3 Å². The molecule has 3 aromatic carbocycles. The van der Waals surface area contributed by atoms with Crippen molar-refractivity contribution in [2.75, 3.05) is 5.32 Å². The number of carbonyl (C=O) groups is 1. The van der Waals surface area contributed by atoms with Gasteiger partial charge in [0.05, 0.1) is 6.54 Å². The number of benzene rings is 3. The lowest BCUT2D eigenvalue weighted by atomic mass is 10.1. The van der Waals surface area contributed by atoms with Gasteiger partial charge in [0.2, 0.25) is 5.91 Å². The van der Waals surface area contributed by atoms with Gasteiger partial charge in [-0.3, -0.25) is 4.79 Å². The van der Waals surface area contributed by atoms with E-state index < -0.39 is 5.82 Å². The first kappa shape index (κ1) is 24.1. The summed E-state index contributed by atoms with van der Waals surface area (Å²) in [6.07, 6.45) is 1.74. The van der Waals surface area contributed by atoms with Crippen molar-refractivity contribution in [2.45, 2.75) is 19.4 Å². The Morgan fingerprint density at radius 2 is 1.54 bits per heavy atom. The molecular weight excluding hydrogens is 479 g/mol. The monoisotopic (exact) mass is 501 g/mol. The summed E-state index contributed by atoms with van der Waals surface area (Å²) in [7, 11) is 0. The van der Waals surface area contributed by atoms with Crippen LogP contribution in [-0.2, 0) is 17.8 Å². The Bertz CT molecular complexity index is 1560. The largest absolute Gasteiger partial charge is 0.494 e. The molecule has 0 aliphatic rings. The third kappa shape index (κ3) is 5.18. The minimum Gasteiger partial charge on any atom is -0.494 e. The maximum atomic E-state index is 14.8. The first-order valence-corrected chi connectivity index (χ1v) is 11.6. The number of fused-ring (bicyclic) bond motifs is 1. The molecule has 2 N–H and O–H groups in total. The third-order valence-electron chi connectivity index (χ3n) is 6.18. The van der Waals surface area contributed by atoms with E-state index in [0.717, 1.165) is 11.1 Å². The van der Waals surface area contributed by atoms with Crippen molar-refractivity contribution in [1.29, 1.82) is 0 Å². The number of halogens is 3. The fourth-order valence-corrected chi connectivity index (χ4v) is 4.33. The van der Waals surface area contributed by atoms with Gasteiger partial charge >= 0.3 is 0 Å².